The molecule has 0 fully saturated rings. The van der Waals surface area contributed by atoms with Crippen molar-refractivity contribution in [1.82, 2.24) is 10.3 Å². The van der Waals surface area contributed by atoms with Crippen LogP contribution in [0.4, 0.5) is 0 Å². The highest BCUT2D eigenvalue weighted by Crippen LogP contribution is 2.17. The highest BCUT2D eigenvalue weighted by atomic mass is 32.1. The first-order chi connectivity index (χ1) is 9.29. The van der Waals surface area contributed by atoms with Crippen LogP contribution in [0.15, 0.2) is 35.7 Å². The van der Waals surface area contributed by atoms with Crippen molar-refractivity contribution in [3.05, 3.63) is 52.0 Å². The fourth-order valence-corrected chi connectivity index (χ4v) is 2.82. The second-order valence-electron chi connectivity index (χ2n) is 4.86. The molecule has 1 N–H and O–H groups in total. The Morgan fingerprint density at radius 1 is 1.26 bits per heavy atom. The summed E-state index contributed by atoms with van der Waals surface area (Å²) in [4.78, 5) is 4.56. The summed E-state index contributed by atoms with van der Waals surface area (Å²) in [5.41, 5.74) is 2.60. The lowest BCUT2D eigenvalue weighted by Gasteiger charge is -2.11. The number of aryl methyl sites for hydroxylation is 1. The summed E-state index contributed by atoms with van der Waals surface area (Å²) >= 11 is 1.76. The van der Waals surface area contributed by atoms with Crippen LogP contribution in [0.2, 0.25) is 0 Å². The zero-order valence-electron chi connectivity index (χ0n) is 11.7. The molecule has 1 atom stereocenters. The molecule has 19 heavy (non-hydrogen) atoms. The van der Waals surface area contributed by atoms with E-state index < -0.39 is 0 Å². The first-order valence-electron chi connectivity index (χ1n) is 6.98. The molecule has 0 saturated carbocycles. The van der Waals surface area contributed by atoms with Crippen molar-refractivity contribution < 1.29 is 0 Å². The van der Waals surface area contributed by atoms with E-state index in [1.54, 1.807) is 11.3 Å². The molecule has 0 aliphatic rings. The molecule has 0 saturated heterocycles. The smallest absolute Gasteiger partial charge is 0.0926 e. The Hall–Kier alpha value is -1.19. The maximum atomic E-state index is 4.56. The average Bonchev–Trinajstić information content (AvgIpc) is 2.92. The number of nitrogens with one attached hydrogen (secondary N) is 1. The van der Waals surface area contributed by atoms with Gasteiger partial charge in [-0.25, -0.2) is 4.98 Å². The van der Waals surface area contributed by atoms with Gasteiger partial charge in [-0.1, -0.05) is 44.2 Å². The van der Waals surface area contributed by atoms with Crippen molar-refractivity contribution >= 4 is 11.3 Å². The maximum Gasteiger partial charge on any atom is 0.0926 e. The summed E-state index contributed by atoms with van der Waals surface area (Å²) in [6.07, 6.45) is 2.20. The summed E-state index contributed by atoms with van der Waals surface area (Å²) in [6, 6.07) is 10.7. The van der Waals surface area contributed by atoms with E-state index in [9.17, 15) is 0 Å². The molecular formula is C16H22N2S. The third-order valence-corrected chi connectivity index (χ3v) is 4.37. The first-order valence-corrected chi connectivity index (χ1v) is 7.86. The standard InChI is InChI=1S/C16H22N2S/c1-3-16-18-15(12-19-16)11-17-10-9-13(2)14-7-5-4-6-8-14/h4-8,12-13,17H,3,9-11H2,1-2H3. The van der Waals surface area contributed by atoms with E-state index in [0.29, 0.717) is 5.92 Å². The number of hydrogen-bond donors (Lipinski definition) is 1. The monoisotopic (exact) mass is 274 g/mol. The van der Waals surface area contributed by atoms with Crippen LogP contribution in [-0.2, 0) is 13.0 Å². The van der Waals surface area contributed by atoms with E-state index >= 15 is 0 Å². The topological polar surface area (TPSA) is 24.9 Å². The van der Waals surface area contributed by atoms with Gasteiger partial charge in [0, 0.05) is 11.9 Å². The molecule has 3 heteroatoms. The van der Waals surface area contributed by atoms with Crippen LogP contribution < -0.4 is 5.32 Å². The van der Waals surface area contributed by atoms with Crippen molar-refractivity contribution in [3.8, 4) is 0 Å². The molecule has 0 bridgehead atoms. The predicted octanol–water partition coefficient (Wildman–Crippen LogP) is 3.99. The average molecular weight is 274 g/mol. The molecule has 1 aromatic carbocycles. The molecule has 0 amide bonds. The van der Waals surface area contributed by atoms with Crippen molar-refractivity contribution in [2.75, 3.05) is 6.54 Å². The summed E-state index contributed by atoms with van der Waals surface area (Å²) < 4.78 is 0. The fourth-order valence-electron chi connectivity index (χ4n) is 2.08. The predicted molar refractivity (Wildman–Crippen MR) is 82.7 cm³/mol. The van der Waals surface area contributed by atoms with Crippen LogP contribution in [0.25, 0.3) is 0 Å². The lowest BCUT2D eigenvalue weighted by atomic mass is 9.98. The summed E-state index contributed by atoms with van der Waals surface area (Å²) in [7, 11) is 0. The Labute approximate surface area is 119 Å². The van der Waals surface area contributed by atoms with Gasteiger partial charge in [0.25, 0.3) is 0 Å². The Bertz CT molecular complexity index is 479. The van der Waals surface area contributed by atoms with Gasteiger partial charge in [0.2, 0.25) is 0 Å². The second kappa shape index (κ2) is 7.41. The third-order valence-electron chi connectivity index (χ3n) is 3.33. The summed E-state index contributed by atoms with van der Waals surface area (Å²) in [5, 5.41) is 6.87. The van der Waals surface area contributed by atoms with E-state index in [-0.39, 0.29) is 0 Å². The van der Waals surface area contributed by atoms with E-state index in [4.69, 9.17) is 0 Å². The van der Waals surface area contributed by atoms with E-state index in [1.165, 1.54) is 16.3 Å². The van der Waals surface area contributed by atoms with Gasteiger partial charge in [-0.2, -0.15) is 0 Å². The number of rotatable bonds is 7. The number of thiazole rings is 1. The molecule has 1 unspecified atom stereocenters. The Kier molecular flexibility index (Phi) is 5.55. The molecule has 2 aromatic rings. The van der Waals surface area contributed by atoms with Gasteiger partial charge in [0.05, 0.1) is 10.7 Å². The molecule has 0 aliphatic heterocycles. The molecule has 1 aromatic heterocycles. The SMILES string of the molecule is CCc1nc(CNCCC(C)c2ccccc2)cs1. The largest absolute Gasteiger partial charge is 0.311 e. The third kappa shape index (κ3) is 4.44. The zero-order chi connectivity index (χ0) is 13.5. The van der Waals surface area contributed by atoms with Crippen LogP contribution in [0.3, 0.4) is 0 Å². The molecule has 2 nitrogen and oxygen atoms in total. The quantitative estimate of drug-likeness (QED) is 0.772. The minimum Gasteiger partial charge on any atom is -0.311 e. The Morgan fingerprint density at radius 2 is 2.05 bits per heavy atom. The van der Waals surface area contributed by atoms with Crippen LogP contribution >= 0.6 is 11.3 Å². The highest BCUT2D eigenvalue weighted by Gasteiger charge is 2.04. The highest BCUT2D eigenvalue weighted by molar-refractivity contribution is 7.09. The normalized spacial score (nSPS) is 12.5. The zero-order valence-corrected chi connectivity index (χ0v) is 12.5. The van der Waals surface area contributed by atoms with Crippen LogP contribution in [0, 0.1) is 0 Å². The van der Waals surface area contributed by atoms with Gasteiger partial charge in [-0.3, -0.25) is 0 Å². The van der Waals surface area contributed by atoms with Gasteiger partial charge in [0.1, 0.15) is 0 Å². The molecule has 0 spiro atoms. The molecule has 102 valence electrons. The fraction of sp³-hybridized carbons (Fsp3) is 0.438. The summed E-state index contributed by atoms with van der Waals surface area (Å²) in [6.45, 7) is 6.36. The van der Waals surface area contributed by atoms with Crippen LogP contribution in [0.5, 0.6) is 0 Å². The molecule has 0 radical (unpaired) electrons. The minimum absolute atomic E-state index is 0.607. The van der Waals surface area contributed by atoms with E-state index in [1.807, 2.05) is 0 Å². The van der Waals surface area contributed by atoms with Crippen LogP contribution in [0.1, 0.15) is 42.5 Å². The molecular weight excluding hydrogens is 252 g/mol. The van der Waals surface area contributed by atoms with E-state index in [2.05, 4.69) is 59.9 Å². The van der Waals surface area contributed by atoms with Gasteiger partial charge in [-0.05, 0) is 30.9 Å². The van der Waals surface area contributed by atoms with E-state index in [0.717, 1.165) is 25.9 Å². The van der Waals surface area contributed by atoms with Crippen molar-refractivity contribution in [2.45, 2.75) is 39.2 Å². The second-order valence-corrected chi connectivity index (χ2v) is 5.81. The van der Waals surface area contributed by atoms with Crippen LogP contribution in [-0.4, -0.2) is 11.5 Å². The van der Waals surface area contributed by atoms with Gasteiger partial charge >= 0.3 is 0 Å². The van der Waals surface area contributed by atoms with Gasteiger partial charge in [-0.15, -0.1) is 11.3 Å². The Balaban J connectivity index is 1.69. The summed E-state index contributed by atoms with van der Waals surface area (Å²) in [5.74, 6) is 0.607. The lowest BCUT2D eigenvalue weighted by molar-refractivity contribution is 0.590. The van der Waals surface area contributed by atoms with Gasteiger partial charge < -0.3 is 5.32 Å². The minimum atomic E-state index is 0.607. The number of benzene rings is 1. The molecule has 0 aliphatic carbocycles. The number of nitrogens with zero attached hydrogens (tertiary/aromatic N) is 1. The molecule has 1 heterocycles. The van der Waals surface area contributed by atoms with Crippen molar-refractivity contribution in [1.29, 1.82) is 0 Å². The first kappa shape index (κ1) is 14.2. The molecule has 2 rings (SSSR count). The lowest BCUT2D eigenvalue weighted by Crippen LogP contribution is -2.16. The number of hydrogen-bond acceptors (Lipinski definition) is 3. The Morgan fingerprint density at radius 3 is 2.74 bits per heavy atom. The number of aromatic nitrogens is 1. The van der Waals surface area contributed by atoms with Gasteiger partial charge in [0.15, 0.2) is 0 Å². The van der Waals surface area contributed by atoms with Crippen molar-refractivity contribution in [3.63, 3.8) is 0 Å². The maximum absolute atomic E-state index is 4.56. The van der Waals surface area contributed by atoms with Crippen molar-refractivity contribution in [2.24, 2.45) is 0 Å².